The molecule has 100 valence electrons. The Morgan fingerprint density at radius 2 is 2.17 bits per heavy atom. The quantitative estimate of drug-likeness (QED) is 0.661. The highest BCUT2D eigenvalue weighted by Crippen LogP contribution is 2.04. The first-order valence-electron chi connectivity index (χ1n) is 5.76. The molecule has 0 atom stereocenters. The second kappa shape index (κ2) is 8.43. The Morgan fingerprint density at radius 1 is 1.33 bits per heavy atom. The van der Waals surface area contributed by atoms with Crippen LogP contribution in [0.25, 0.3) is 0 Å². The lowest BCUT2D eigenvalue weighted by molar-refractivity contribution is 0.0692. The molecule has 1 aromatic heterocycles. The van der Waals surface area contributed by atoms with Gasteiger partial charge in [0.25, 0.3) is 5.91 Å². The number of hydrogen-bond donors (Lipinski definition) is 2. The van der Waals surface area contributed by atoms with E-state index in [1.54, 1.807) is 32.5 Å². The third-order valence-electron chi connectivity index (χ3n) is 2.25. The highest BCUT2D eigenvalue weighted by Gasteiger charge is 2.05. The van der Waals surface area contributed by atoms with Crippen molar-refractivity contribution in [3.63, 3.8) is 0 Å². The normalized spacial score (nSPS) is 10.1. The summed E-state index contributed by atoms with van der Waals surface area (Å²) < 4.78 is 10.1. The molecule has 6 heteroatoms. The lowest BCUT2D eigenvalue weighted by Gasteiger charge is -2.06. The average Bonchev–Trinajstić information content (AvgIpc) is 2.42. The lowest BCUT2D eigenvalue weighted by atomic mass is 10.3. The molecular weight excluding hydrogens is 234 g/mol. The molecule has 0 fully saturated rings. The summed E-state index contributed by atoms with van der Waals surface area (Å²) in [6.07, 6.45) is 1.62. The minimum atomic E-state index is -0.201. The summed E-state index contributed by atoms with van der Waals surface area (Å²) in [5.41, 5.74) is 1.26. The monoisotopic (exact) mass is 253 g/mol. The number of ether oxygens (including phenoxy) is 2. The second-order valence-electron chi connectivity index (χ2n) is 3.54. The number of aromatic nitrogens is 1. The summed E-state index contributed by atoms with van der Waals surface area (Å²) in [4.78, 5) is 15.7. The van der Waals surface area contributed by atoms with E-state index >= 15 is 0 Å². The fourth-order valence-corrected chi connectivity index (χ4v) is 1.25. The molecule has 0 unspecified atom stereocenters. The van der Waals surface area contributed by atoms with Crippen LogP contribution in [0.4, 0.5) is 5.69 Å². The summed E-state index contributed by atoms with van der Waals surface area (Å²) in [5, 5.41) is 5.66. The zero-order valence-corrected chi connectivity index (χ0v) is 10.7. The predicted octanol–water partition coefficient (Wildman–Crippen LogP) is 0.516. The van der Waals surface area contributed by atoms with Gasteiger partial charge in [0, 0.05) is 20.7 Å². The molecule has 0 radical (unpaired) electrons. The first-order chi connectivity index (χ1) is 8.77. The highest BCUT2D eigenvalue weighted by molar-refractivity contribution is 5.92. The van der Waals surface area contributed by atoms with Crippen molar-refractivity contribution in [1.82, 2.24) is 10.3 Å². The maximum atomic E-state index is 11.7. The highest BCUT2D eigenvalue weighted by atomic mass is 16.5. The van der Waals surface area contributed by atoms with E-state index in [0.29, 0.717) is 32.1 Å². The Kier molecular flexibility index (Phi) is 6.75. The van der Waals surface area contributed by atoms with Gasteiger partial charge < -0.3 is 20.1 Å². The summed E-state index contributed by atoms with van der Waals surface area (Å²) >= 11 is 0. The van der Waals surface area contributed by atoms with Crippen molar-refractivity contribution >= 4 is 11.6 Å². The molecule has 0 aromatic carbocycles. The number of anilines is 1. The number of carbonyl (C=O) groups is 1. The zero-order chi connectivity index (χ0) is 13.2. The first-order valence-corrected chi connectivity index (χ1v) is 5.76. The van der Waals surface area contributed by atoms with Crippen molar-refractivity contribution in [3.05, 3.63) is 24.0 Å². The fraction of sp³-hybridized carbons (Fsp3) is 0.500. The lowest BCUT2D eigenvalue weighted by Crippen LogP contribution is -2.28. The smallest absolute Gasteiger partial charge is 0.269 e. The number of hydrogen-bond acceptors (Lipinski definition) is 5. The van der Waals surface area contributed by atoms with Crippen LogP contribution in [-0.2, 0) is 9.47 Å². The maximum absolute atomic E-state index is 11.7. The van der Waals surface area contributed by atoms with E-state index in [-0.39, 0.29) is 5.91 Å². The molecule has 0 aliphatic rings. The number of methoxy groups -OCH3 is 1. The Hall–Kier alpha value is -1.66. The van der Waals surface area contributed by atoms with E-state index in [1.165, 1.54) is 0 Å². The van der Waals surface area contributed by atoms with Gasteiger partial charge in [0.05, 0.1) is 31.7 Å². The molecule has 6 nitrogen and oxygen atoms in total. The van der Waals surface area contributed by atoms with E-state index < -0.39 is 0 Å². The van der Waals surface area contributed by atoms with Gasteiger partial charge in [-0.25, -0.2) is 4.98 Å². The van der Waals surface area contributed by atoms with Crippen LogP contribution in [0.15, 0.2) is 18.3 Å². The number of nitrogens with one attached hydrogen (secondary N) is 2. The molecule has 0 saturated heterocycles. The molecule has 1 amide bonds. The van der Waals surface area contributed by atoms with Crippen LogP contribution in [0.2, 0.25) is 0 Å². The molecule has 1 rings (SSSR count). The van der Waals surface area contributed by atoms with E-state index in [0.717, 1.165) is 5.69 Å². The number of carbonyl (C=O) groups excluding carboxylic acids is 1. The number of amides is 1. The zero-order valence-electron chi connectivity index (χ0n) is 10.7. The van der Waals surface area contributed by atoms with Crippen LogP contribution in [0.5, 0.6) is 0 Å². The fourth-order valence-electron chi connectivity index (χ4n) is 1.25. The number of rotatable bonds is 8. The van der Waals surface area contributed by atoms with Crippen LogP contribution >= 0.6 is 0 Å². The number of pyridine rings is 1. The van der Waals surface area contributed by atoms with Crippen molar-refractivity contribution in [1.29, 1.82) is 0 Å². The van der Waals surface area contributed by atoms with Crippen LogP contribution in [0, 0.1) is 0 Å². The van der Waals surface area contributed by atoms with Gasteiger partial charge in [-0.05, 0) is 12.1 Å². The Bertz CT molecular complexity index is 354. The third kappa shape index (κ3) is 5.11. The van der Waals surface area contributed by atoms with Gasteiger partial charge in [-0.2, -0.15) is 0 Å². The van der Waals surface area contributed by atoms with Gasteiger partial charge in [0.2, 0.25) is 0 Å². The van der Waals surface area contributed by atoms with Gasteiger partial charge in [-0.1, -0.05) is 0 Å². The molecule has 1 heterocycles. The van der Waals surface area contributed by atoms with E-state index in [2.05, 4.69) is 15.6 Å². The largest absolute Gasteiger partial charge is 0.387 e. The molecule has 18 heavy (non-hydrogen) atoms. The Morgan fingerprint density at radius 3 is 2.78 bits per heavy atom. The van der Waals surface area contributed by atoms with E-state index in [4.69, 9.17) is 9.47 Å². The van der Waals surface area contributed by atoms with Crippen LogP contribution < -0.4 is 10.6 Å². The van der Waals surface area contributed by atoms with Crippen molar-refractivity contribution in [3.8, 4) is 0 Å². The van der Waals surface area contributed by atoms with E-state index in [9.17, 15) is 4.79 Å². The first kappa shape index (κ1) is 14.4. The van der Waals surface area contributed by atoms with Crippen molar-refractivity contribution in [2.24, 2.45) is 0 Å². The van der Waals surface area contributed by atoms with Gasteiger partial charge in [-0.3, -0.25) is 4.79 Å². The maximum Gasteiger partial charge on any atom is 0.269 e. The van der Waals surface area contributed by atoms with Gasteiger partial charge in [0.1, 0.15) is 5.69 Å². The summed E-state index contributed by atoms with van der Waals surface area (Å²) in [7, 11) is 3.42. The molecule has 0 saturated carbocycles. The predicted molar refractivity (Wildman–Crippen MR) is 68.8 cm³/mol. The van der Waals surface area contributed by atoms with E-state index in [1.807, 2.05) is 0 Å². The SMILES string of the molecule is CNc1ccc(C(=O)NCCOCCOC)nc1. The average molecular weight is 253 g/mol. The van der Waals surface area contributed by atoms with Crippen LogP contribution in [-0.4, -0.2) is 51.4 Å². The molecule has 1 aromatic rings. The Labute approximate surface area is 107 Å². The molecule has 0 spiro atoms. The third-order valence-corrected chi connectivity index (χ3v) is 2.25. The van der Waals surface area contributed by atoms with Gasteiger partial charge in [0.15, 0.2) is 0 Å². The molecule has 2 N–H and O–H groups in total. The van der Waals surface area contributed by atoms with Gasteiger partial charge in [-0.15, -0.1) is 0 Å². The molecular formula is C12H19N3O3. The molecule has 0 aliphatic carbocycles. The second-order valence-corrected chi connectivity index (χ2v) is 3.54. The summed E-state index contributed by atoms with van der Waals surface area (Å²) in [6, 6.07) is 3.48. The van der Waals surface area contributed by atoms with Crippen molar-refractivity contribution in [2.45, 2.75) is 0 Å². The summed E-state index contributed by atoms with van der Waals surface area (Å²) in [6.45, 7) is 2.00. The minimum Gasteiger partial charge on any atom is -0.387 e. The van der Waals surface area contributed by atoms with Crippen LogP contribution in [0.1, 0.15) is 10.5 Å². The number of nitrogens with zero attached hydrogens (tertiary/aromatic N) is 1. The topological polar surface area (TPSA) is 72.5 Å². The standard InChI is InChI=1S/C12H19N3O3/c1-13-10-3-4-11(15-9-10)12(16)14-5-6-18-8-7-17-2/h3-4,9,13H,5-8H2,1-2H3,(H,14,16). The minimum absolute atomic E-state index is 0.201. The Balaban J connectivity index is 2.23. The summed E-state index contributed by atoms with van der Waals surface area (Å²) in [5.74, 6) is -0.201. The van der Waals surface area contributed by atoms with Crippen molar-refractivity contribution in [2.75, 3.05) is 45.8 Å². The van der Waals surface area contributed by atoms with Gasteiger partial charge >= 0.3 is 0 Å². The van der Waals surface area contributed by atoms with Crippen molar-refractivity contribution < 1.29 is 14.3 Å². The van der Waals surface area contributed by atoms with Crippen LogP contribution in [0.3, 0.4) is 0 Å². The molecule has 0 aliphatic heterocycles. The molecule has 0 bridgehead atoms.